The highest BCUT2D eigenvalue weighted by molar-refractivity contribution is 5.90. The van der Waals surface area contributed by atoms with Crippen LogP contribution in [0.3, 0.4) is 0 Å². The molecular weight excluding hydrogens is 246 g/mol. The molecule has 1 amide bonds. The molecule has 0 aromatic carbocycles. The first-order valence-corrected chi connectivity index (χ1v) is 6.48. The van der Waals surface area contributed by atoms with Crippen LogP contribution in [0.15, 0.2) is 6.20 Å². The lowest BCUT2D eigenvalue weighted by Crippen LogP contribution is -2.27. The van der Waals surface area contributed by atoms with E-state index in [1.54, 1.807) is 23.6 Å². The molecule has 1 aromatic rings. The van der Waals surface area contributed by atoms with Crippen LogP contribution in [0.5, 0.6) is 0 Å². The van der Waals surface area contributed by atoms with Gasteiger partial charge in [-0.2, -0.15) is 5.10 Å². The molecule has 2 rings (SSSR count). The van der Waals surface area contributed by atoms with E-state index in [0.717, 1.165) is 12.2 Å². The molecule has 6 nitrogen and oxygen atoms in total. The number of aryl methyl sites for hydroxylation is 1. The van der Waals surface area contributed by atoms with Crippen molar-refractivity contribution in [3.05, 3.63) is 17.5 Å². The Kier molecular flexibility index (Phi) is 3.87. The molecule has 0 spiro atoms. The standard InChI is InChI=1S/C13H19N3O3/c1-4-19-13(18)10-6-14-15(3)11(10)8-16-7-9(2)5-12(16)17/h6,9H,4-5,7-8H2,1-3H3. The summed E-state index contributed by atoms with van der Waals surface area (Å²) in [7, 11) is 1.77. The Balaban J connectivity index is 2.18. The Labute approximate surface area is 112 Å². The summed E-state index contributed by atoms with van der Waals surface area (Å²) < 4.78 is 6.63. The highest BCUT2D eigenvalue weighted by Crippen LogP contribution is 2.21. The van der Waals surface area contributed by atoms with Crippen LogP contribution in [0.2, 0.25) is 0 Å². The van der Waals surface area contributed by atoms with E-state index in [1.165, 1.54) is 6.20 Å². The second kappa shape index (κ2) is 5.42. The number of hydrogen-bond donors (Lipinski definition) is 0. The Hall–Kier alpha value is -1.85. The van der Waals surface area contributed by atoms with Gasteiger partial charge in [-0.3, -0.25) is 9.48 Å². The van der Waals surface area contributed by atoms with E-state index in [1.807, 2.05) is 6.92 Å². The molecule has 1 saturated heterocycles. The highest BCUT2D eigenvalue weighted by atomic mass is 16.5. The minimum absolute atomic E-state index is 0.128. The largest absolute Gasteiger partial charge is 0.462 e. The van der Waals surface area contributed by atoms with E-state index in [4.69, 9.17) is 4.74 Å². The molecule has 6 heteroatoms. The molecule has 0 radical (unpaired) electrons. The van der Waals surface area contributed by atoms with Crippen LogP contribution in [-0.4, -0.2) is 39.7 Å². The van der Waals surface area contributed by atoms with Gasteiger partial charge in [-0.1, -0.05) is 6.92 Å². The van der Waals surface area contributed by atoms with E-state index < -0.39 is 0 Å². The molecule has 0 aliphatic carbocycles. The first-order chi connectivity index (χ1) is 9.02. The van der Waals surface area contributed by atoms with Crippen molar-refractivity contribution in [2.45, 2.75) is 26.8 Å². The van der Waals surface area contributed by atoms with Gasteiger partial charge in [-0.15, -0.1) is 0 Å². The summed E-state index contributed by atoms with van der Waals surface area (Å²) in [5.41, 5.74) is 1.16. The van der Waals surface area contributed by atoms with Crippen LogP contribution >= 0.6 is 0 Å². The molecule has 1 fully saturated rings. The molecule has 1 aromatic heterocycles. The van der Waals surface area contributed by atoms with E-state index in [0.29, 0.717) is 31.1 Å². The van der Waals surface area contributed by atoms with Crippen LogP contribution in [0.4, 0.5) is 0 Å². The third kappa shape index (κ3) is 2.77. The summed E-state index contributed by atoms with van der Waals surface area (Å²) >= 11 is 0. The fourth-order valence-corrected chi connectivity index (χ4v) is 2.33. The number of rotatable bonds is 4. The minimum atomic E-state index is -0.384. The Morgan fingerprint density at radius 1 is 1.58 bits per heavy atom. The van der Waals surface area contributed by atoms with Crippen LogP contribution in [0.25, 0.3) is 0 Å². The van der Waals surface area contributed by atoms with Crippen molar-refractivity contribution in [1.29, 1.82) is 0 Å². The predicted molar refractivity (Wildman–Crippen MR) is 68.4 cm³/mol. The quantitative estimate of drug-likeness (QED) is 0.761. The van der Waals surface area contributed by atoms with Gasteiger partial charge in [-0.25, -0.2) is 4.79 Å². The zero-order valence-corrected chi connectivity index (χ0v) is 11.5. The van der Waals surface area contributed by atoms with Gasteiger partial charge in [-0.05, 0) is 12.8 Å². The molecule has 1 aliphatic rings. The van der Waals surface area contributed by atoms with Gasteiger partial charge in [0.25, 0.3) is 0 Å². The van der Waals surface area contributed by atoms with Crippen LogP contribution in [0, 0.1) is 5.92 Å². The van der Waals surface area contributed by atoms with Gasteiger partial charge < -0.3 is 9.64 Å². The van der Waals surface area contributed by atoms with Gasteiger partial charge >= 0.3 is 5.97 Å². The number of amides is 1. The van der Waals surface area contributed by atoms with Gasteiger partial charge in [0, 0.05) is 20.0 Å². The number of ether oxygens (including phenoxy) is 1. The van der Waals surface area contributed by atoms with E-state index in [2.05, 4.69) is 5.10 Å². The Morgan fingerprint density at radius 2 is 2.32 bits per heavy atom. The first kappa shape index (κ1) is 13.6. The average Bonchev–Trinajstić information content (AvgIpc) is 2.85. The number of hydrogen-bond acceptors (Lipinski definition) is 4. The minimum Gasteiger partial charge on any atom is -0.462 e. The molecule has 1 unspecified atom stereocenters. The fourth-order valence-electron chi connectivity index (χ4n) is 2.33. The summed E-state index contributed by atoms with van der Waals surface area (Å²) in [5.74, 6) is 0.112. The maximum Gasteiger partial charge on any atom is 0.341 e. The van der Waals surface area contributed by atoms with E-state index in [-0.39, 0.29) is 11.9 Å². The summed E-state index contributed by atoms with van der Waals surface area (Å²) in [6.07, 6.45) is 2.07. The number of nitrogens with zero attached hydrogens (tertiary/aromatic N) is 3. The van der Waals surface area contributed by atoms with Gasteiger partial charge in [0.15, 0.2) is 0 Å². The Bertz CT molecular complexity index is 495. The van der Waals surface area contributed by atoms with Crippen molar-refractivity contribution in [3.8, 4) is 0 Å². The molecule has 104 valence electrons. The predicted octanol–water partition coefficient (Wildman–Crippen LogP) is 0.965. The second-order valence-corrected chi connectivity index (χ2v) is 4.93. The van der Waals surface area contributed by atoms with Crippen LogP contribution in [0.1, 0.15) is 36.3 Å². The SMILES string of the molecule is CCOC(=O)c1cnn(C)c1CN1CC(C)CC1=O. The molecule has 0 bridgehead atoms. The zero-order valence-electron chi connectivity index (χ0n) is 11.5. The molecule has 2 heterocycles. The molecule has 1 atom stereocenters. The van der Waals surface area contributed by atoms with Gasteiger partial charge in [0.2, 0.25) is 5.91 Å². The van der Waals surface area contributed by atoms with Gasteiger partial charge in [0.05, 0.1) is 25.0 Å². The average molecular weight is 265 g/mol. The van der Waals surface area contributed by atoms with Gasteiger partial charge in [0.1, 0.15) is 5.56 Å². The number of carbonyl (C=O) groups is 2. The van der Waals surface area contributed by atoms with Crippen molar-refractivity contribution in [3.63, 3.8) is 0 Å². The topological polar surface area (TPSA) is 64.4 Å². The summed E-state index contributed by atoms with van der Waals surface area (Å²) in [6.45, 7) is 5.28. The van der Waals surface area contributed by atoms with Crippen LogP contribution in [-0.2, 0) is 23.1 Å². The number of likely N-dealkylation sites (tertiary alicyclic amines) is 1. The fraction of sp³-hybridized carbons (Fsp3) is 0.615. The van der Waals surface area contributed by atoms with Crippen LogP contribution < -0.4 is 0 Å². The smallest absolute Gasteiger partial charge is 0.341 e. The maximum absolute atomic E-state index is 11.8. The molecule has 0 N–H and O–H groups in total. The zero-order chi connectivity index (χ0) is 14.0. The van der Waals surface area contributed by atoms with Crippen molar-refractivity contribution in [2.75, 3.05) is 13.2 Å². The highest BCUT2D eigenvalue weighted by Gasteiger charge is 2.29. The van der Waals surface area contributed by atoms with Crippen molar-refractivity contribution in [1.82, 2.24) is 14.7 Å². The third-order valence-electron chi connectivity index (χ3n) is 3.31. The lowest BCUT2D eigenvalue weighted by atomic mass is 10.2. The number of carbonyl (C=O) groups excluding carboxylic acids is 2. The summed E-state index contributed by atoms with van der Waals surface area (Å²) in [6, 6.07) is 0. The number of esters is 1. The summed E-state index contributed by atoms with van der Waals surface area (Å²) in [5, 5.41) is 4.08. The molecular formula is C13H19N3O3. The lowest BCUT2D eigenvalue weighted by molar-refractivity contribution is -0.128. The molecule has 0 saturated carbocycles. The van der Waals surface area contributed by atoms with Crippen molar-refractivity contribution in [2.24, 2.45) is 13.0 Å². The molecule has 1 aliphatic heterocycles. The van der Waals surface area contributed by atoms with Crippen molar-refractivity contribution < 1.29 is 14.3 Å². The first-order valence-electron chi connectivity index (χ1n) is 6.48. The van der Waals surface area contributed by atoms with E-state index >= 15 is 0 Å². The monoisotopic (exact) mass is 265 g/mol. The number of aromatic nitrogens is 2. The van der Waals surface area contributed by atoms with E-state index in [9.17, 15) is 9.59 Å². The molecule has 19 heavy (non-hydrogen) atoms. The second-order valence-electron chi connectivity index (χ2n) is 4.93. The normalized spacial score (nSPS) is 19.0. The lowest BCUT2D eigenvalue weighted by Gasteiger charge is -2.17. The maximum atomic E-state index is 11.8. The van der Waals surface area contributed by atoms with Crippen molar-refractivity contribution >= 4 is 11.9 Å². The summed E-state index contributed by atoms with van der Waals surface area (Å²) in [4.78, 5) is 25.4. The Morgan fingerprint density at radius 3 is 2.89 bits per heavy atom. The third-order valence-corrected chi connectivity index (χ3v) is 3.31.